The average molecular weight is 547 g/mol. The van der Waals surface area contributed by atoms with Crippen LogP contribution in [0.2, 0.25) is 5.02 Å². The Bertz CT molecular complexity index is 1380. The van der Waals surface area contributed by atoms with Gasteiger partial charge in [0.25, 0.3) is 11.7 Å². The van der Waals surface area contributed by atoms with E-state index in [9.17, 15) is 14.7 Å². The van der Waals surface area contributed by atoms with Crippen LogP contribution < -0.4 is 9.64 Å². The molecule has 1 amide bonds. The molecule has 4 rings (SSSR count). The molecule has 1 fully saturated rings. The number of ketones is 1. The van der Waals surface area contributed by atoms with E-state index in [2.05, 4.69) is 13.8 Å². The molecular weight excluding hydrogens is 512 g/mol. The highest BCUT2D eigenvalue weighted by molar-refractivity contribution is 6.46. The summed E-state index contributed by atoms with van der Waals surface area (Å²) in [5, 5.41) is 12.1. The van der Waals surface area contributed by atoms with Crippen LogP contribution in [0.1, 0.15) is 42.1 Å². The Morgan fingerprint density at radius 3 is 2.28 bits per heavy atom. The third-order valence-electron chi connectivity index (χ3n) is 6.84. The van der Waals surface area contributed by atoms with E-state index in [-0.39, 0.29) is 11.3 Å². The smallest absolute Gasteiger partial charge is 0.295 e. The first-order valence-corrected chi connectivity index (χ1v) is 13.5. The van der Waals surface area contributed by atoms with Crippen molar-refractivity contribution in [3.63, 3.8) is 0 Å². The standard InChI is InChI=1S/C32H35ClN2O4/c1-20(2)19-39-27-15-10-24(18-21(27)3)30(36)28-29(23-8-13-26(14-9-23)34(4)5)35(32(38)31(28)37)17-16-22-6-11-25(33)12-7-22/h6-15,18,20,29,36H,16-17,19H2,1-5H3/b30-28-. The van der Waals surface area contributed by atoms with Crippen LogP contribution in [0.4, 0.5) is 5.69 Å². The molecule has 1 heterocycles. The first-order valence-electron chi connectivity index (χ1n) is 13.1. The van der Waals surface area contributed by atoms with Gasteiger partial charge in [0.05, 0.1) is 18.2 Å². The molecule has 0 aromatic heterocycles. The number of aryl methyl sites for hydroxylation is 1. The van der Waals surface area contributed by atoms with Crippen molar-refractivity contribution in [3.8, 4) is 5.75 Å². The van der Waals surface area contributed by atoms with Gasteiger partial charge in [-0.05, 0) is 78.4 Å². The number of likely N-dealkylation sites (tertiary alicyclic amines) is 1. The van der Waals surface area contributed by atoms with Gasteiger partial charge in [0.2, 0.25) is 0 Å². The highest BCUT2D eigenvalue weighted by atomic mass is 35.5. The summed E-state index contributed by atoms with van der Waals surface area (Å²) in [7, 11) is 3.90. The molecule has 1 saturated heterocycles. The molecular formula is C32H35ClN2O4. The zero-order valence-corrected chi connectivity index (χ0v) is 23.8. The summed E-state index contributed by atoms with van der Waals surface area (Å²) in [6, 6.07) is 19.7. The average Bonchev–Trinajstić information content (AvgIpc) is 3.16. The number of benzene rings is 3. The molecule has 6 nitrogen and oxygen atoms in total. The molecule has 3 aromatic rings. The van der Waals surface area contributed by atoms with Crippen molar-refractivity contribution in [1.29, 1.82) is 0 Å². The lowest BCUT2D eigenvalue weighted by Gasteiger charge is -2.26. The summed E-state index contributed by atoms with van der Waals surface area (Å²) in [6.07, 6.45) is 0.539. The van der Waals surface area contributed by atoms with Crippen molar-refractivity contribution < 1.29 is 19.4 Å². The van der Waals surface area contributed by atoms with Gasteiger partial charge in [-0.1, -0.05) is 49.7 Å². The normalized spacial score (nSPS) is 16.7. The number of hydrogen-bond donors (Lipinski definition) is 1. The van der Waals surface area contributed by atoms with E-state index in [4.69, 9.17) is 16.3 Å². The summed E-state index contributed by atoms with van der Waals surface area (Å²) < 4.78 is 5.88. The minimum absolute atomic E-state index is 0.0870. The minimum Gasteiger partial charge on any atom is -0.507 e. The van der Waals surface area contributed by atoms with Gasteiger partial charge in [-0.2, -0.15) is 0 Å². The van der Waals surface area contributed by atoms with Crippen LogP contribution in [0.5, 0.6) is 5.75 Å². The van der Waals surface area contributed by atoms with Gasteiger partial charge in [0.1, 0.15) is 11.5 Å². The quantitative estimate of drug-likeness (QED) is 0.191. The van der Waals surface area contributed by atoms with E-state index in [0.29, 0.717) is 36.1 Å². The Morgan fingerprint density at radius 2 is 1.69 bits per heavy atom. The Labute approximate surface area is 235 Å². The SMILES string of the molecule is Cc1cc(/C(O)=C2/C(=O)C(=O)N(CCc3ccc(Cl)cc3)C2c2ccc(N(C)C)cc2)ccc1OCC(C)C. The number of rotatable bonds is 9. The number of amides is 1. The molecule has 0 aliphatic carbocycles. The summed E-state index contributed by atoms with van der Waals surface area (Å²) in [5.74, 6) is -0.411. The fourth-order valence-corrected chi connectivity index (χ4v) is 4.81. The highest BCUT2D eigenvalue weighted by Crippen LogP contribution is 2.40. The van der Waals surface area contributed by atoms with Crippen LogP contribution in [0.15, 0.2) is 72.3 Å². The summed E-state index contributed by atoms with van der Waals surface area (Å²) in [5.41, 5.74) is 4.13. The minimum atomic E-state index is -0.717. The maximum Gasteiger partial charge on any atom is 0.295 e. The Kier molecular flexibility index (Phi) is 8.66. The third-order valence-corrected chi connectivity index (χ3v) is 7.09. The Balaban J connectivity index is 1.74. The molecule has 39 heavy (non-hydrogen) atoms. The van der Waals surface area contributed by atoms with Gasteiger partial charge < -0.3 is 19.6 Å². The van der Waals surface area contributed by atoms with E-state index in [1.807, 2.05) is 62.3 Å². The fraction of sp³-hybridized carbons (Fsp3) is 0.312. The van der Waals surface area contributed by atoms with E-state index >= 15 is 0 Å². The number of halogens is 1. The zero-order valence-electron chi connectivity index (χ0n) is 23.1. The topological polar surface area (TPSA) is 70.1 Å². The van der Waals surface area contributed by atoms with Crippen LogP contribution in [0.25, 0.3) is 5.76 Å². The number of Topliss-reactive ketones (excluding diaryl/α,β-unsaturated/α-hetero) is 1. The van der Waals surface area contributed by atoms with Crippen LogP contribution >= 0.6 is 11.6 Å². The maximum atomic E-state index is 13.4. The molecule has 1 unspecified atom stereocenters. The predicted molar refractivity (Wildman–Crippen MR) is 156 cm³/mol. The number of carbonyl (C=O) groups excluding carboxylic acids is 2. The number of anilines is 1. The number of carbonyl (C=O) groups is 2. The van der Waals surface area contributed by atoms with Gasteiger partial charge >= 0.3 is 0 Å². The van der Waals surface area contributed by atoms with Gasteiger partial charge in [-0.15, -0.1) is 0 Å². The van der Waals surface area contributed by atoms with Gasteiger partial charge in [-0.3, -0.25) is 9.59 Å². The van der Waals surface area contributed by atoms with Gasteiger partial charge in [-0.25, -0.2) is 0 Å². The molecule has 7 heteroatoms. The van der Waals surface area contributed by atoms with Crippen LogP contribution in [0, 0.1) is 12.8 Å². The summed E-state index contributed by atoms with van der Waals surface area (Å²) in [6.45, 7) is 6.94. The van der Waals surface area contributed by atoms with Crippen molar-refractivity contribution in [2.24, 2.45) is 5.92 Å². The van der Waals surface area contributed by atoms with E-state index < -0.39 is 17.7 Å². The molecule has 0 bridgehead atoms. The van der Waals surface area contributed by atoms with Crippen molar-refractivity contribution in [2.75, 3.05) is 32.1 Å². The second-order valence-corrected chi connectivity index (χ2v) is 11.0. The van der Waals surface area contributed by atoms with E-state index in [0.717, 1.165) is 28.1 Å². The lowest BCUT2D eigenvalue weighted by molar-refractivity contribution is -0.139. The van der Waals surface area contributed by atoms with Gasteiger partial charge in [0, 0.05) is 36.9 Å². The number of aliphatic hydroxyl groups is 1. The van der Waals surface area contributed by atoms with Crippen LogP contribution in [-0.2, 0) is 16.0 Å². The van der Waals surface area contributed by atoms with Crippen molar-refractivity contribution in [2.45, 2.75) is 33.2 Å². The molecule has 1 N–H and O–H groups in total. The molecule has 0 spiro atoms. The zero-order chi connectivity index (χ0) is 28.3. The molecule has 3 aromatic carbocycles. The highest BCUT2D eigenvalue weighted by Gasteiger charge is 2.45. The van der Waals surface area contributed by atoms with E-state index in [1.54, 1.807) is 35.2 Å². The maximum absolute atomic E-state index is 13.4. The number of hydrogen-bond acceptors (Lipinski definition) is 5. The summed E-state index contributed by atoms with van der Waals surface area (Å²) in [4.78, 5) is 30.3. The van der Waals surface area contributed by atoms with Crippen LogP contribution in [0.3, 0.4) is 0 Å². The molecule has 1 aliphatic heterocycles. The lowest BCUT2D eigenvalue weighted by atomic mass is 9.94. The Morgan fingerprint density at radius 1 is 1.03 bits per heavy atom. The van der Waals surface area contributed by atoms with Gasteiger partial charge in [0.15, 0.2) is 0 Å². The first kappa shape index (κ1) is 28.2. The second kappa shape index (κ2) is 12.0. The monoisotopic (exact) mass is 546 g/mol. The number of aliphatic hydroxyl groups excluding tert-OH is 1. The first-order chi connectivity index (χ1) is 18.6. The molecule has 204 valence electrons. The number of nitrogens with zero attached hydrogens (tertiary/aromatic N) is 2. The fourth-order valence-electron chi connectivity index (χ4n) is 4.68. The molecule has 1 atom stereocenters. The van der Waals surface area contributed by atoms with E-state index in [1.165, 1.54) is 0 Å². The predicted octanol–water partition coefficient (Wildman–Crippen LogP) is 6.41. The lowest BCUT2D eigenvalue weighted by Crippen LogP contribution is -2.31. The number of ether oxygens (including phenoxy) is 1. The van der Waals surface area contributed by atoms with Crippen molar-refractivity contribution in [3.05, 3.63) is 99.6 Å². The second-order valence-electron chi connectivity index (χ2n) is 10.5. The Hall–Kier alpha value is -3.77. The third kappa shape index (κ3) is 6.28. The van der Waals surface area contributed by atoms with Crippen molar-refractivity contribution >= 4 is 34.7 Å². The van der Waals surface area contributed by atoms with Crippen LogP contribution in [-0.4, -0.2) is 48.9 Å². The molecule has 1 aliphatic rings. The molecule has 0 radical (unpaired) electrons. The molecule has 0 saturated carbocycles. The van der Waals surface area contributed by atoms with Crippen molar-refractivity contribution in [1.82, 2.24) is 4.90 Å². The summed E-state index contributed by atoms with van der Waals surface area (Å²) >= 11 is 6.03. The largest absolute Gasteiger partial charge is 0.507 e.